The molecule has 2 atom stereocenters. The zero-order valence-corrected chi connectivity index (χ0v) is 12.0. The number of nitrogens with two attached hydrogens (primary N) is 1. The minimum atomic E-state index is 0. The first-order valence-corrected chi connectivity index (χ1v) is 7.35. The normalized spacial score (nSPS) is 31.8. The number of nitrogens with zero attached hydrogens (tertiary/aromatic N) is 2. The molecule has 0 unspecified atom stereocenters. The average Bonchev–Trinajstić information content (AvgIpc) is 2.31. The van der Waals surface area contributed by atoms with E-state index in [1.165, 1.54) is 58.3 Å². The molecule has 0 amide bonds. The quantitative estimate of drug-likeness (QED) is 0.766. The Morgan fingerprint density at radius 3 is 2.24 bits per heavy atom. The summed E-state index contributed by atoms with van der Waals surface area (Å²) in [7, 11) is 2.21. The Bertz CT molecular complexity index is 193. The van der Waals surface area contributed by atoms with Crippen LogP contribution in [0.25, 0.3) is 0 Å². The van der Waals surface area contributed by atoms with E-state index in [0.717, 1.165) is 6.04 Å². The van der Waals surface area contributed by atoms with Crippen LogP contribution in [0.1, 0.15) is 47.4 Å². The predicted molar refractivity (Wildman–Crippen MR) is 77.4 cm³/mol. The van der Waals surface area contributed by atoms with Crippen molar-refractivity contribution in [2.75, 3.05) is 33.2 Å². The minimum Gasteiger partial charge on any atom is -0.328 e. The second-order valence-electron chi connectivity index (χ2n) is 5.63. The fourth-order valence-corrected chi connectivity index (χ4v) is 2.72. The van der Waals surface area contributed by atoms with Crippen LogP contribution < -0.4 is 5.73 Å². The molecule has 3 heteroatoms. The van der Waals surface area contributed by atoms with Crippen LogP contribution in [-0.2, 0) is 0 Å². The van der Waals surface area contributed by atoms with Crippen LogP contribution in [0.5, 0.6) is 0 Å². The van der Waals surface area contributed by atoms with Crippen LogP contribution >= 0.6 is 0 Å². The van der Waals surface area contributed by atoms with Crippen LogP contribution in [0.2, 0.25) is 0 Å². The third-order valence-corrected chi connectivity index (χ3v) is 3.74. The summed E-state index contributed by atoms with van der Waals surface area (Å²) in [6.45, 7) is 9.19. The molecule has 0 aromatic rings. The highest BCUT2D eigenvalue weighted by molar-refractivity contribution is 4.84. The fourth-order valence-electron chi connectivity index (χ4n) is 2.72. The van der Waals surface area contributed by atoms with Crippen molar-refractivity contribution < 1.29 is 1.43 Å². The van der Waals surface area contributed by atoms with Gasteiger partial charge in [0.15, 0.2) is 0 Å². The lowest BCUT2D eigenvalue weighted by atomic mass is 9.90. The standard InChI is InChI=1S/C11H23N3.C3H8.H2/c1-13-5-7-14(8-6-13)11-4-2-3-10(12)9-11;1-3-2;/h10-11H,2-9,12H2,1H3;3H2,1-2H3;1H/t10-,11+;;/m0../s1. The lowest BCUT2D eigenvalue weighted by Crippen LogP contribution is -2.51. The maximum atomic E-state index is 6.02. The molecule has 104 valence electrons. The maximum Gasteiger partial charge on any atom is 0.0113 e. The summed E-state index contributed by atoms with van der Waals surface area (Å²) < 4.78 is 0. The van der Waals surface area contributed by atoms with E-state index >= 15 is 0 Å². The molecule has 1 aliphatic heterocycles. The molecule has 2 N–H and O–H groups in total. The largest absolute Gasteiger partial charge is 0.328 e. The summed E-state index contributed by atoms with van der Waals surface area (Å²) in [5.74, 6) is 0. The van der Waals surface area contributed by atoms with Crippen molar-refractivity contribution in [3.05, 3.63) is 0 Å². The van der Waals surface area contributed by atoms with Gasteiger partial charge in [-0.25, -0.2) is 0 Å². The predicted octanol–water partition coefficient (Wildman–Crippen LogP) is 2.17. The molecule has 0 aromatic heterocycles. The highest BCUT2D eigenvalue weighted by atomic mass is 15.3. The van der Waals surface area contributed by atoms with Gasteiger partial charge in [0.1, 0.15) is 0 Å². The van der Waals surface area contributed by atoms with Crippen molar-refractivity contribution in [1.82, 2.24) is 9.80 Å². The van der Waals surface area contributed by atoms with Crippen molar-refractivity contribution in [2.24, 2.45) is 5.73 Å². The van der Waals surface area contributed by atoms with Gasteiger partial charge in [-0.3, -0.25) is 4.90 Å². The van der Waals surface area contributed by atoms with Crippen molar-refractivity contribution in [3.8, 4) is 0 Å². The molecule has 1 saturated heterocycles. The van der Waals surface area contributed by atoms with Crippen LogP contribution in [0, 0.1) is 0 Å². The van der Waals surface area contributed by atoms with Gasteiger partial charge in [-0.1, -0.05) is 26.7 Å². The van der Waals surface area contributed by atoms with Crippen LogP contribution in [0.3, 0.4) is 0 Å². The van der Waals surface area contributed by atoms with Gasteiger partial charge in [0.05, 0.1) is 0 Å². The Hall–Kier alpha value is -0.120. The number of rotatable bonds is 1. The fraction of sp³-hybridized carbons (Fsp3) is 1.00. The molecule has 1 heterocycles. The number of piperazine rings is 1. The van der Waals surface area contributed by atoms with E-state index in [-0.39, 0.29) is 1.43 Å². The highest BCUT2D eigenvalue weighted by Gasteiger charge is 2.26. The highest BCUT2D eigenvalue weighted by Crippen LogP contribution is 2.22. The van der Waals surface area contributed by atoms with E-state index in [9.17, 15) is 0 Å². The van der Waals surface area contributed by atoms with Crippen molar-refractivity contribution >= 4 is 0 Å². The second kappa shape index (κ2) is 8.06. The molecule has 1 saturated carbocycles. The zero-order valence-electron chi connectivity index (χ0n) is 12.0. The van der Waals surface area contributed by atoms with E-state index in [1.54, 1.807) is 0 Å². The van der Waals surface area contributed by atoms with Crippen LogP contribution in [-0.4, -0.2) is 55.1 Å². The van der Waals surface area contributed by atoms with E-state index in [2.05, 4.69) is 30.7 Å². The number of likely N-dealkylation sites (N-methyl/N-ethyl adjacent to an activating group) is 1. The molecule has 17 heavy (non-hydrogen) atoms. The Morgan fingerprint density at radius 2 is 1.71 bits per heavy atom. The molecular weight excluding hydrogens is 210 g/mol. The molecule has 2 fully saturated rings. The van der Waals surface area contributed by atoms with Gasteiger partial charge in [0, 0.05) is 39.7 Å². The summed E-state index contributed by atoms with van der Waals surface area (Å²) in [5, 5.41) is 0. The van der Waals surface area contributed by atoms with E-state index in [1.807, 2.05) is 0 Å². The molecule has 1 aliphatic carbocycles. The Balaban J connectivity index is 0.000000660. The molecular formula is C14H33N3. The van der Waals surface area contributed by atoms with Crippen LogP contribution in [0.4, 0.5) is 0 Å². The topological polar surface area (TPSA) is 32.5 Å². The lowest BCUT2D eigenvalue weighted by Gasteiger charge is -2.40. The molecule has 0 aromatic carbocycles. The first kappa shape index (κ1) is 14.9. The van der Waals surface area contributed by atoms with Gasteiger partial charge in [-0.2, -0.15) is 0 Å². The second-order valence-corrected chi connectivity index (χ2v) is 5.63. The Kier molecular flexibility index (Phi) is 7.09. The number of hydrogen-bond donors (Lipinski definition) is 1. The minimum absolute atomic E-state index is 0. The summed E-state index contributed by atoms with van der Waals surface area (Å²) in [6, 6.07) is 1.25. The van der Waals surface area contributed by atoms with Gasteiger partial charge in [-0.05, 0) is 26.3 Å². The first-order chi connectivity index (χ1) is 8.17. The van der Waals surface area contributed by atoms with Gasteiger partial charge in [-0.15, -0.1) is 0 Å². The van der Waals surface area contributed by atoms with E-state index in [4.69, 9.17) is 5.73 Å². The molecule has 2 aliphatic rings. The molecule has 0 radical (unpaired) electrons. The third kappa shape index (κ3) is 5.36. The van der Waals surface area contributed by atoms with Gasteiger partial charge < -0.3 is 10.6 Å². The molecule has 0 spiro atoms. The van der Waals surface area contributed by atoms with Gasteiger partial charge in [0.2, 0.25) is 0 Å². The first-order valence-electron chi connectivity index (χ1n) is 7.35. The summed E-state index contributed by atoms with van der Waals surface area (Å²) in [5.41, 5.74) is 6.02. The number of hydrogen-bond acceptors (Lipinski definition) is 3. The summed E-state index contributed by atoms with van der Waals surface area (Å²) in [4.78, 5) is 5.07. The van der Waals surface area contributed by atoms with Crippen molar-refractivity contribution in [2.45, 2.75) is 58.0 Å². The Labute approximate surface area is 109 Å². The molecule has 2 rings (SSSR count). The van der Waals surface area contributed by atoms with Gasteiger partial charge in [0.25, 0.3) is 0 Å². The average molecular weight is 243 g/mol. The van der Waals surface area contributed by atoms with E-state index < -0.39 is 0 Å². The third-order valence-electron chi connectivity index (χ3n) is 3.74. The molecule has 0 bridgehead atoms. The summed E-state index contributed by atoms with van der Waals surface area (Å²) >= 11 is 0. The Morgan fingerprint density at radius 1 is 1.12 bits per heavy atom. The maximum absolute atomic E-state index is 6.02. The van der Waals surface area contributed by atoms with Crippen molar-refractivity contribution in [1.29, 1.82) is 0 Å². The SMILES string of the molecule is CCC.CN1CCN([C@@H]2CCC[C@H](N)C2)CC1.[HH]. The lowest BCUT2D eigenvalue weighted by molar-refractivity contribution is 0.0869. The summed E-state index contributed by atoms with van der Waals surface area (Å²) in [6.07, 6.45) is 6.42. The van der Waals surface area contributed by atoms with E-state index in [0.29, 0.717) is 6.04 Å². The molecule has 3 nitrogen and oxygen atoms in total. The monoisotopic (exact) mass is 243 g/mol. The van der Waals surface area contributed by atoms with Crippen molar-refractivity contribution in [3.63, 3.8) is 0 Å². The van der Waals surface area contributed by atoms with Crippen LogP contribution in [0.15, 0.2) is 0 Å². The zero-order chi connectivity index (χ0) is 12.7. The smallest absolute Gasteiger partial charge is 0.0113 e. The van der Waals surface area contributed by atoms with Gasteiger partial charge >= 0.3 is 0 Å².